The maximum Gasteiger partial charge on any atom is 0.328 e. The summed E-state index contributed by atoms with van der Waals surface area (Å²) in [7, 11) is 1.36. The van der Waals surface area contributed by atoms with Crippen LogP contribution in [-0.4, -0.2) is 49.1 Å². The van der Waals surface area contributed by atoms with Crippen LogP contribution in [0.15, 0.2) is 84.9 Å². The molecule has 0 spiro atoms. The van der Waals surface area contributed by atoms with Crippen molar-refractivity contribution in [2.45, 2.75) is 37.3 Å². The summed E-state index contributed by atoms with van der Waals surface area (Å²) in [5.41, 5.74) is 2.86. The molecule has 1 saturated heterocycles. The zero-order valence-electron chi connectivity index (χ0n) is 19.9. The molecule has 6 heteroatoms. The summed E-state index contributed by atoms with van der Waals surface area (Å²) in [5, 5.41) is 3.50. The molecule has 1 aliphatic rings. The van der Waals surface area contributed by atoms with E-state index in [0.717, 1.165) is 36.1 Å². The maximum atomic E-state index is 13.9. The number of halogens is 1. The van der Waals surface area contributed by atoms with E-state index in [1.54, 1.807) is 17.0 Å². The molecule has 182 valence electrons. The molecule has 1 N–H and O–H groups in total. The first kappa shape index (κ1) is 24.6. The van der Waals surface area contributed by atoms with Gasteiger partial charge >= 0.3 is 5.97 Å². The van der Waals surface area contributed by atoms with E-state index in [9.17, 15) is 14.0 Å². The molecule has 1 heterocycles. The molecule has 0 aromatic heterocycles. The Balaban J connectivity index is 1.46. The number of nitrogens with zero attached hydrogens (tertiary/aromatic N) is 1. The van der Waals surface area contributed by atoms with Gasteiger partial charge < -0.3 is 15.0 Å². The number of hydrogen-bond acceptors (Lipinski definition) is 4. The van der Waals surface area contributed by atoms with Gasteiger partial charge in [0.25, 0.3) is 0 Å². The minimum Gasteiger partial charge on any atom is -0.467 e. The van der Waals surface area contributed by atoms with Crippen molar-refractivity contribution >= 4 is 11.9 Å². The third-order valence-electron chi connectivity index (χ3n) is 6.56. The van der Waals surface area contributed by atoms with Gasteiger partial charge in [-0.2, -0.15) is 0 Å². The van der Waals surface area contributed by atoms with E-state index in [0.29, 0.717) is 13.0 Å². The van der Waals surface area contributed by atoms with E-state index in [2.05, 4.69) is 5.32 Å². The molecule has 0 unspecified atom stereocenters. The van der Waals surface area contributed by atoms with E-state index in [1.165, 1.54) is 19.2 Å². The van der Waals surface area contributed by atoms with Crippen molar-refractivity contribution < 1.29 is 18.7 Å². The molecular formula is C29H31FN2O3. The smallest absolute Gasteiger partial charge is 0.328 e. The highest BCUT2D eigenvalue weighted by atomic mass is 19.1. The molecule has 3 aromatic carbocycles. The normalized spacial score (nSPS) is 17.5. The number of hydrogen-bond donors (Lipinski definition) is 1. The highest BCUT2D eigenvalue weighted by Crippen LogP contribution is 2.31. The van der Waals surface area contributed by atoms with Crippen LogP contribution in [0, 0.1) is 5.82 Å². The monoisotopic (exact) mass is 474 g/mol. The summed E-state index contributed by atoms with van der Waals surface area (Å²) in [4.78, 5) is 28.2. The number of carbonyl (C=O) groups is 2. The largest absolute Gasteiger partial charge is 0.467 e. The Labute approximate surface area is 205 Å². The number of benzene rings is 3. The number of carbonyl (C=O) groups excluding carboxylic acids is 2. The van der Waals surface area contributed by atoms with Crippen LogP contribution < -0.4 is 5.32 Å². The van der Waals surface area contributed by atoms with Gasteiger partial charge in [0.15, 0.2) is 0 Å². The summed E-state index contributed by atoms with van der Waals surface area (Å²) in [6.45, 7) is 1.17. The van der Waals surface area contributed by atoms with Crippen molar-refractivity contribution in [3.8, 4) is 0 Å². The molecule has 0 bridgehead atoms. The molecule has 0 radical (unpaired) electrons. The summed E-state index contributed by atoms with van der Waals surface area (Å²) >= 11 is 0. The highest BCUT2D eigenvalue weighted by molar-refractivity contribution is 5.91. The lowest BCUT2D eigenvalue weighted by Crippen LogP contribution is -2.44. The predicted molar refractivity (Wildman–Crippen MR) is 133 cm³/mol. The number of likely N-dealkylation sites (tertiary alicyclic amines) is 1. The Morgan fingerprint density at radius 1 is 0.971 bits per heavy atom. The number of amides is 1. The lowest BCUT2D eigenvalue weighted by atomic mass is 9.90. The first-order chi connectivity index (χ1) is 17.1. The molecule has 0 saturated carbocycles. The van der Waals surface area contributed by atoms with Crippen molar-refractivity contribution in [3.63, 3.8) is 0 Å². The first-order valence-corrected chi connectivity index (χ1v) is 12.0. The van der Waals surface area contributed by atoms with Crippen molar-refractivity contribution in [2.75, 3.05) is 20.2 Å². The Morgan fingerprint density at radius 3 is 2.14 bits per heavy atom. The van der Waals surface area contributed by atoms with Crippen LogP contribution in [0.2, 0.25) is 0 Å². The Morgan fingerprint density at radius 2 is 1.57 bits per heavy atom. The average molecular weight is 475 g/mol. The van der Waals surface area contributed by atoms with Gasteiger partial charge in [0.1, 0.15) is 11.9 Å². The van der Waals surface area contributed by atoms with Crippen LogP contribution in [0.5, 0.6) is 0 Å². The molecule has 35 heavy (non-hydrogen) atoms. The molecule has 1 amide bonds. The molecular weight excluding hydrogens is 443 g/mol. The van der Waals surface area contributed by atoms with Crippen LogP contribution in [0.25, 0.3) is 0 Å². The Hall–Kier alpha value is -3.51. The van der Waals surface area contributed by atoms with Gasteiger partial charge in [-0.1, -0.05) is 72.8 Å². The van der Waals surface area contributed by atoms with Crippen LogP contribution in [0.4, 0.5) is 4.39 Å². The molecule has 1 fully saturated rings. The number of methoxy groups -OCH3 is 1. The summed E-state index contributed by atoms with van der Waals surface area (Å²) in [5.74, 6) is -1.23. The highest BCUT2D eigenvalue weighted by Gasteiger charge is 2.42. The van der Waals surface area contributed by atoms with Crippen LogP contribution in [0.3, 0.4) is 0 Å². The summed E-state index contributed by atoms with van der Waals surface area (Å²) < 4.78 is 18.2. The van der Waals surface area contributed by atoms with Crippen molar-refractivity contribution in [1.29, 1.82) is 0 Å². The molecule has 5 nitrogen and oxygen atoms in total. The minimum absolute atomic E-state index is 0.0107. The zero-order chi connectivity index (χ0) is 24.6. The molecule has 0 aliphatic carbocycles. The second-order valence-electron chi connectivity index (χ2n) is 8.90. The maximum absolute atomic E-state index is 13.9. The van der Waals surface area contributed by atoms with Gasteiger partial charge in [0.05, 0.1) is 13.0 Å². The average Bonchev–Trinajstić information content (AvgIpc) is 3.33. The first-order valence-electron chi connectivity index (χ1n) is 12.0. The topological polar surface area (TPSA) is 58.6 Å². The lowest BCUT2D eigenvalue weighted by molar-refractivity contribution is -0.151. The van der Waals surface area contributed by atoms with Gasteiger partial charge in [-0.05, 0) is 54.6 Å². The number of esters is 1. The van der Waals surface area contributed by atoms with Crippen molar-refractivity contribution in [3.05, 3.63) is 107 Å². The fourth-order valence-corrected chi connectivity index (χ4v) is 4.77. The van der Waals surface area contributed by atoms with Gasteiger partial charge in [-0.25, -0.2) is 9.18 Å². The molecule has 1 aliphatic heterocycles. The number of rotatable bonds is 9. The van der Waals surface area contributed by atoms with Crippen molar-refractivity contribution in [1.82, 2.24) is 10.2 Å². The van der Waals surface area contributed by atoms with Crippen LogP contribution in [-0.2, 0) is 20.7 Å². The zero-order valence-corrected chi connectivity index (χ0v) is 19.9. The second-order valence-corrected chi connectivity index (χ2v) is 8.90. The number of ether oxygens (including phenoxy) is 1. The minimum atomic E-state index is -0.628. The van der Waals surface area contributed by atoms with E-state index >= 15 is 0 Å². The SMILES string of the molecule is COC(=O)[C@@H]1C[C@H](NCCCc2ccc(F)cc2)CN1C(=O)C(c1ccccc1)c1ccccc1. The van der Waals surface area contributed by atoms with E-state index in [1.807, 2.05) is 60.7 Å². The third-order valence-corrected chi connectivity index (χ3v) is 6.56. The van der Waals surface area contributed by atoms with Crippen LogP contribution in [0.1, 0.15) is 35.4 Å². The number of nitrogens with one attached hydrogen (secondary N) is 1. The van der Waals surface area contributed by atoms with Gasteiger partial charge in [-0.15, -0.1) is 0 Å². The fourth-order valence-electron chi connectivity index (χ4n) is 4.77. The predicted octanol–water partition coefficient (Wildman–Crippen LogP) is 4.32. The van der Waals surface area contributed by atoms with Crippen molar-refractivity contribution in [2.24, 2.45) is 0 Å². The van der Waals surface area contributed by atoms with Gasteiger partial charge in [0, 0.05) is 12.6 Å². The summed E-state index contributed by atoms with van der Waals surface area (Å²) in [6.07, 6.45) is 2.20. The van der Waals surface area contributed by atoms with E-state index < -0.39 is 17.9 Å². The molecule has 2 atom stereocenters. The number of aryl methyl sites for hydroxylation is 1. The summed E-state index contributed by atoms with van der Waals surface area (Å²) in [6, 6.07) is 25.2. The lowest BCUT2D eigenvalue weighted by Gasteiger charge is -2.28. The third kappa shape index (κ3) is 6.14. The van der Waals surface area contributed by atoms with E-state index in [4.69, 9.17) is 4.74 Å². The standard InChI is InChI=1S/C29H31FN2O3/c1-35-29(34)26-19-25(31-18-8-9-21-14-16-24(30)17-15-21)20-32(26)28(33)27(22-10-4-2-5-11-22)23-12-6-3-7-13-23/h2-7,10-17,25-27,31H,8-9,18-20H2,1H3/t25-,26-/m0/s1. The van der Waals surface area contributed by atoms with Crippen LogP contribution >= 0.6 is 0 Å². The molecule has 4 rings (SSSR count). The quantitative estimate of drug-likeness (QED) is 0.371. The van der Waals surface area contributed by atoms with Gasteiger partial charge in [-0.3, -0.25) is 4.79 Å². The Kier molecular flexibility index (Phi) is 8.27. The van der Waals surface area contributed by atoms with E-state index in [-0.39, 0.29) is 17.8 Å². The second kappa shape index (κ2) is 11.8. The molecule has 3 aromatic rings. The fraction of sp³-hybridized carbons (Fsp3) is 0.310. The Bertz CT molecular complexity index is 1070. The van der Waals surface area contributed by atoms with Gasteiger partial charge in [0.2, 0.25) is 5.91 Å².